The third-order valence-corrected chi connectivity index (χ3v) is 3.59. The van der Waals surface area contributed by atoms with Gasteiger partial charge in [-0.2, -0.15) is 5.10 Å². The van der Waals surface area contributed by atoms with Gasteiger partial charge in [0.2, 0.25) is 0 Å². The molecular weight excluding hydrogens is 230 g/mol. The molecule has 102 valence electrons. The second-order valence-electron chi connectivity index (χ2n) is 4.83. The van der Waals surface area contributed by atoms with Crippen LogP contribution in [0.5, 0.6) is 0 Å². The Balaban J connectivity index is 1.66. The summed E-state index contributed by atoms with van der Waals surface area (Å²) in [5.41, 5.74) is 1.29. The lowest BCUT2D eigenvalue weighted by atomic mass is 10.1. The van der Waals surface area contributed by atoms with E-state index >= 15 is 0 Å². The second-order valence-corrected chi connectivity index (χ2v) is 4.83. The normalized spacial score (nSPS) is 18.3. The zero-order chi connectivity index (χ0) is 12.8. The monoisotopic (exact) mass is 253 g/mol. The van der Waals surface area contributed by atoms with Crippen LogP contribution in [0.15, 0.2) is 12.3 Å². The lowest BCUT2D eigenvalue weighted by Crippen LogP contribution is -2.38. The third-order valence-electron chi connectivity index (χ3n) is 3.59. The summed E-state index contributed by atoms with van der Waals surface area (Å²) >= 11 is 0. The molecule has 1 fully saturated rings. The highest BCUT2D eigenvalue weighted by atomic mass is 16.5. The fourth-order valence-corrected chi connectivity index (χ4v) is 2.44. The molecule has 5 heteroatoms. The van der Waals surface area contributed by atoms with E-state index in [4.69, 9.17) is 9.84 Å². The molecule has 0 radical (unpaired) electrons. The molecule has 1 aliphatic rings. The molecule has 1 N–H and O–H groups in total. The molecule has 2 rings (SSSR count). The predicted octanol–water partition coefficient (Wildman–Crippen LogP) is 0.436. The van der Waals surface area contributed by atoms with Gasteiger partial charge in [0.1, 0.15) is 0 Å². The smallest absolute Gasteiger partial charge is 0.0701 e. The van der Waals surface area contributed by atoms with Crippen molar-refractivity contribution >= 4 is 0 Å². The van der Waals surface area contributed by atoms with Crippen LogP contribution < -0.4 is 0 Å². The van der Waals surface area contributed by atoms with E-state index in [0.717, 1.165) is 38.9 Å². The van der Waals surface area contributed by atoms with E-state index in [1.807, 2.05) is 17.9 Å². The number of aryl methyl sites for hydroxylation is 1. The van der Waals surface area contributed by atoms with E-state index in [2.05, 4.69) is 16.1 Å². The standard InChI is InChI=1S/C13H23N3O2/c1-15-12(2-6-14-15)3-7-16-8-4-13(5-9-16)18-11-10-17/h2,6,13,17H,3-5,7-11H2,1H3. The molecule has 0 aliphatic carbocycles. The lowest BCUT2D eigenvalue weighted by molar-refractivity contribution is -0.00754. The third kappa shape index (κ3) is 3.80. The van der Waals surface area contributed by atoms with Crippen molar-refractivity contribution in [2.24, 2.45) is 7.05 Å². The molecule has 0 spiro atoms. The van der Waals surface area contributed by atoms with Crippen LogP contribution in [-0.2, 0) is 18.2 Å². The van der Waals surface area contributed by atoms with E-state index < -0.39 is 0 Å². The summed E-state index contributed by atoms with van der Waals surface area (Å²) in [6.07, 6.45) is 5.39. The van der Waals surface area contributed by atoms with Crippen molar-refractivity contribution in [1.82, 2.24) is 14.7 Å². The lowest BCUT2D eigenvalue weighted by Gasteiger charge is -2.31. The summed E-state index contributed by atoms with van der Waals surface area (Å²) in [6, 6.07) is 2.08. The van der Waals surface area contributed by atoms with Crippen LogP contribution in [0.25, 0.3) is 0 Å². The number of hydrogen-bond acceptors (Lipinski definition) is 4. The summed E-state index contributed by atoms with van der Waals surface area (Å²) in [7, 11) is 1.99. The van der Waals surface area contributed by atoms with Crippen molar-refractivity contribution < 1.29 is 9.84 Å². The number of likely N-dealkylation sites (tertiary alicyclic amines) is 1. The van der Waals surface area contributed by atoms with Gasteiger partial charge in [0, 0.05) is 45.0 Å². The zero-order valence-electron chi connectivity index (χ0n) is 11.1. The highest BCUT2D eigenvalue weighted by Crippen LogP contribution is 2.14. The minimum absolute atomic E-state index is 0.126. The van der Waals surface area contributed by atoms with Gasteiger partial charge in [0.05, 0.1) is 19.3 Å². The average molecular weight is 253 g/mol. The first-order chi connectivity index (χ1) is 8.79. The Kier molecular flexibility index (Phi) is 5.16. The molecular formula is C13H23N3O2. The van der Waals surface area contributed by atoms with Crippen LogP contribution >= 0.6 is 0 Å². The molecule has 1 aromatic rings. The van der Waals surface area contributed by atoms with Crippen molar-refractivity contribution in [3.05, 3.63) is 18.0 Å². The number of piperidine rings is 1. The number of aliphatic hydroxyl groups is 1. The van der Waals surface area contributed by atoms with Crippen LogP contribution in [0.4, 0.5) is 0 Å². The Bertz CT molecular complexity index is 346. The number of ether oxygens (including phenoxy) is 1. The van der Waals surface area contributed by atoms with E-state index in [1.54, 1.807) is 0 Å². The van der Waals surface area contributed by atoms with E-state index in [9.17, 15) is 0 Å². The molecule has 0 atom stereocenters. The molecule has 0 aromatic carbocycles. The first kappa shape index (κ1) is 13.5. The van der Waals surface area contributed by atoms with Gasteiger partial charge in [-0.3, -0.25) is 4.68 Å². The van der Waals surface area contributed by atoms with Crippen LogP contribution in [0.2, 0.25) is 0 Å². The minimum Gasteiger partial charge on any atom is -0.394 e. The van der Waals surface area contributed by atoms with Crippen LogP contribution in [0.3, 0.4) is 0 Å². The Hall–Kier alpha value is -0.910. The van der Waals surface area contributed by atoms with E-state index in [1.165, 1.54) is 5.69 Å². The van der Waals surface area contributed by atoms with Gasteiger partial charge in [-0.15, -0.1) is 0 Å². The maximum atomic E-state index is 8.72. The number of aromatic nitrogens is 2. The Labute approximate surface area is 108 Å². The number of hydrogen-bond donors (Lipinski definition) is 1. The van der Waals surface area contributed by atoms with Gasteiger partial charge >= 0.3 is 0 Å². The molecule has 1 saturated heterocycles. The summed E-state index contributed by atoms with van der Waals surface area (Å²) in [6.45, 7) is 3.87. The fraction of sp³-hybridized carbons (Fsp3) is 0.769. The summed E-state index contributed by atoms with van der Waals surface area (Å²) in [5.74, 6) is 0. The number of nitrogens with zero attached hydrogens (tertiary/aromatic N) is 3. The van der Waals surface area contributed by atoms with Crippen molar-refractivity contribution in [2.45, 2.75) is 25.4 Å². The molecule has 5 nitrogen and oxygen atoms in total. The molecule has 0 saturated carbocycles. The first-order valence-electron chi connectivity index (χ1n) is 6.71. The average Bonchev–Trinajstić information content (AvgIpc) is 2.81. The molecule has 2 heterocycles. The van der Waals surface area contributed by atoms with Gasteiger partial charge in [0.25, 0.3) is 0 Å². The number of aliphatic hydroxyl groups excluding tert-OH is 1. The second kappa shape index (κ2) is 6.87. The quantitative estimate of drug-likeness (QED) is 0.799. The summed E-state index contributed by atoms with van der Waals surface area (Å²) in [5, 5.41) is 12.9. The number of rotatable bonds is 6. The highest BCUT2D eigenvalue weighted by molar-refractivity contribution is 5.00. The van der Waals surface area contributed by atoms with Gasteiger partial charge < -0.3 is 14.7 Å². The first-order valence-corrected chi connectivity index (χ1v) is 6.71. The maximum Gasteiger partial charge on any atom is 0.0701 e. The topological polar surface area (TPSA) is 50.5 Å². The molecule has 1 aromatic heterocycles. The highest BCUT2D eigenvalue weighted by Gasteiger charge is 2.19. The van der Waals surface area contributed by atoms with Gasteiger partial charge in [0.15, 0.2) is 0 Å². The Morgan fingerprint density at radius 3 is 2.83 bits per heavy atom. The SMILES string of the molecule is Cn1nccc1CCN1CCC(OCCO)CC1. The zero-order valence-corrected chi connectivity index (χ0v) is 11.1. The Morgan fingerprint density at radius 1 is 1.44 bits per heavy atom. The van der Waals surface area contributed by atoms with Crippen LogP contribution in [-0.4, -0.2) is 58.7 Å². The van der Waals surface area contributed by atoms with Gasteiger partial charge in [-0.25, -0.2) is 0 Å². The van der Waals surface area contributed by atoms with Gasteiger partial charge in [-0.1, -0.05) is 0 Å². The van der Waals surface area contributed by atoms with Gasteiger partial charge in [-0.05, 0) is 18.9 Å². The molecule has 0 amide bonds. The van der Waals surface area contributed by atoms with E-state index in [0.29, 0.717) is 12.7 Å². The summed E-state index contributed by atoms with van der Waals surface area (Å²) in [4.78, 5) is 2.48. The van der Waals surface area contributed by atoms with E-state index in [-0.39, 0.29) is 6.61 Å². The van der Waals surface area contributed by atoms with Crippen molar-refractivity contribution in [3.8, 4) is 0 Å². The molecule has 18 heavy (non-hydrogen) atoms. The van der Waals surface area contributed by atoms with Crippen LogP contribution in [0.1, 0.15) is 18.5 Å². The molecule has 0 unspecified atom stereocenters. The minimum atomic E-state index is 0.126. The molecule has 0 bridgehead atoms. The van der Waals surface area contributed by atoms with Crippen molar-refractivity contribution in [3.63, 3.8) is 0 Å². The molecule has 1 aliphatic heterocycles. The predicted molar refractivity (Wildman–Crippen MR) is 69.4 cm³/mol. The maximum absolute atomic E-state index is 8.72. The largest absolute Gasteiger partial charge is 0.394 e. The van der Waals surface area contributed by atoms with Crippen molar-refractivity contribution in [2.75, 3.05) is 32.8 Å². The van der Waals surface area contributed by atoms with Crippen LogP contribution in [0, 0.1) is 0 Å². The van der Waals surface area contributed by atoms with Crippen molar-refractivity contribution in [1.29, 1.82) is 0 Å². The summed E-state index contributed by atoms with van der Waals surface area (Å²) < 4.78 is 7.50. The fourth-order valence-electron chi connectivity index (χ4n) is 2.44. The Morgan fingerprint density at radius 2 is 2.22 bits per heavy atom.